The Hall–Kier alpha value is -1.20. The average molecular weight is 336 g/mol. The maximum atomic E-state index is 6.06. The molecular weight excluding hydrogens is 318 g/mol. The minimum atomic E-state index is -0.507. The SMILES string of the molecule is COC(c1cccc(Br)c1)(c1nncn1C)C1CCC1. The Balaban J connectivity index is 2.19. The van der Waals surface area contributed by atoms with Crippen molar-refractivity contribution in [2.45, 2.75) is 24.9 Å². The van der Waals surface area contributed by atoms with Crippen LogP contribution in [-0.2, 0) is 17.4 Å². The molecule has 0 aliphatic heterocycles. The molecule has 2 aromatic rings. The second-order valence-corrected chi connectivity index (χ2v) is 6.26. The van der Waals surface area contributed by atoms with Gasteiger partial charge >= 0.3 is 0 Å². The molecule has 1 atom stereocenters. The number of rotatable bonds is 4. The first kappa shape index (κ1) is 13.8. The standard InChI is InChI=1S/C15H18BrN3O/c1-19-10-17-18-14(19)15(20-2,11-5-3-6-11)12-7-4-8-13(16)9-12/h4,7-11H,3,5-6H2,1-2H3. The first-order valence-corrected chi connectivity index (χ1v) is 7.63. The topological polar surface area (TPSA) is 39.9 Å². The molecular formula is C15H18BrN3O. The quantitative estimate of drug-likeness (QED) is 0.860. The van der Waals surface area contributed by atoms with E-state index in [0.717, 1.165) is 28.7 Å². The summed E-state index contributed by atoms with van der Waals surface area (Å²) in [5.41, 5.74) is 0.628. The van der Waals surface area contributed by atoms with E-state index in [4.69, 9.17) is 4.74 Å². The second-order valence-electron chi connectivity index (χ2n) is 5.34. The highest BCUT2D eigenvalue weighted by molar-refractivity contribution is 9.10. The van der Waals surface area contributed by atoms with E-state index in [1.807, 2.05) is 23.7 Å². The van der Waals surface area contributed by atoms with Crippen LogP contribution in [0.15, 0.2) is 35.1 Å². The molecule has 4 nitrogen and oxygen atoms in total. The number of hydrogen-bond acceptors (Lipinski definition) is 3. The summed E-state index contributed by atoms with van der Waals surface area (Å²) in [5, 5.41) is 8.39. The Morgan fingerprint density at radius 1 is 1.40 bits per heavy atom. The van der Waals surface area contributed by atoms with Gasteiger partial charge in [-0.3, -0.25) is 0 Å². The zero-order chi connectivity index (χ0) is 14.2. The Bertz CT molecular complexity index is 609. The molecule has 0 bridgehead atoms. The van der Waals surface area contributed by atoms with E-state index >= 15 is 0 Å². The van der Waals surface area contributed by atoms with E-state index in [9.17, 15) is 0 Å². The van der Waals surface area contributed by atoms with Gasteiger partial charge in [-0.25, -0.2) is 0 Å². The number of benzene rings is 1. The highest BCUT2D eigenvalue weighted by Crippen LogP contribution is 2.48. The molecule has 3 rings (SSSR count). The summed E-state index contributed by atoms with van der Waals surface area (Å²) in [6.45, 7) is 0. The first-order chi connectivity index (χ1) is 9.68. The highest BCUT2D eigenvalue weighted by atomic mass is 79.9. The second kappa shape index (κ2) is 5.30. The third-order valence-corrected chi connectivity index (χ3v) is 4.79. The van der Waals surface area contributed by atoms with Gasteiger partial charge in [-0.05, 0) is 36.5 Å². The summed E-state index contributed by atoms with van der Waals surface area (Å²) in [7, 11) is 3.74. The van der Waals surface area contributed by atoms with Crippen molar-refractivity contribution in [3.05, 3.63) is 46.5 Å². The van der Waals surface area contributed by atoms with Crippen molar-refractivity contribution in [2.75, 3.05) is 7.11 Å². The molecule has 0 amide bonds. The summed E-state index contributed by atoms with van der Waals surface area (Å²) in [5.74, 6) is 1.33. The fourth-order valence-electron chi connectivity index (χ4n) is 3.08. The molecule has 1 saturated carbocycles. The third-order valence-electron chi connectivity index (χ3n) is 4.30. The van der Waals surface area contributed by atoms with Gasteiger partial charge in [0.2, 0.25) is 0 Å². The molecule has 1 aliphatic rings. The Kier molecular flexibility index (Phi) is 3.65. The molecule has 0 spiro atoms. The third kappa shape index (κ3) is 2.00. The predicted octanol–water partition coefficient (Wildman–Crippen LogP) is 3.27. The largest absolute Gasteiger partial charge is 0.365 e. The summed E-state index contributed by atoms with van der Waals surface area (Å²) in [6, 6.07) is 8.31. The fraction of sp³-hybridized carbons (Fsp3) is 0.467. The number of aromatic nitrogens is 3. The van der Waals surface area contributed by atoms with Crippen LogP contribution in [0.2, 0.25) is 0 Å². The molecule has 0 N–H and O–H groups in total. The van der Waals surface area contributed by atoms with Gasteiger partial charge in [0, 0.05) is 18.6 Å². The molecule has 106 valence electrons. The minimum absolute atomic E-state index is 0.449. The lowest BCUT2D eigenvalue weighted by Crippen LogP contribution is -2.44. The first-order valence-electron chi connectivity index (χ1n) is 6.84. The minimum Gasteiger partial charge on any atom is -0.365 e. The molecule has 1 fully saturated rings. The number of nitrogens with zero attached hydrogens (tertiary/aromatic N) is 3. The number of ether oxygens (including phenoxy) is 1. The number of hydrogen-bond donors (Lipinski definition) is 0. The van der Waals surface area contributed by atoms with Crippen molar-refractivity contribution in [1.82, 2.24) is 14.8 Å². The lowest BCUT2D eigenvalue weighted by atomic mass is 9.69. The highest BCUT2D eigenvalue weighted by Gasteiger charge is 2.48. The maximum absolute atomic E-state index is 6.06. The summed E-state index contributed by atoms with van der Waals surface area (Å²) in [6.07, 6.45) is 5.31. The van der Waals surface area contributed by atoms with E-state index in [1.54, 1.807) is 13.4 Å². The molecule has 1 unspecified atom stereocenters. The summed E-state index contributed by atoms with van der Waals surface area (Å²) >= 11 is 3.56. The smallest absolute Gasteiger partial charge is 0.169 e. The summed E-state index contributed by atoms with van der Waals surface area (Å²) in [4.78, 5) is 0. The van der Waals surface area contributed by atoms with E-state index in [-0.39, 0.29) is 0 Å². The number of methoxy groups -OCH3 is 1. The van der Waals surface area contributed by atoms with Crippen molar-refractivity contribution in [2.24, 2.45) is 13.0 Å². The van der Waals surface area contributed by atoms with Crippen LogP contribution < -0.4 is 0 Å². The predicted molar refractivity (Wildman–Crippen MR) is 80.3 cm³/mol. The van der Waals surface area contributed by atoms with Crippen LogP contribution in [-0.4, -0.2) is 21.9 Å². The lowest BCUT2D eigenvalue weighted by molar-refractivity contribution is -0.0659. The average Bonchev–Trinajstić information content (AvgIpc) is 2.80. The van der Waals surface area contributed by atoms with Crippen LogP contribution in [0.4, 0.5) is 0 Å². The van der Waals surface area contributed by atoms with Crippen LogP contribution in [0.3, 0.4) is 0 Å². The van der Waals surface area contributed by atoms with Gasteiger partial charge in [-0.1, -0.05) is 34.5 Å². The Morgan fingerprint density at radius 2 is 2.20 bits per heavy atom. The van der Waals surface area contributed by atoms with E-state index in [2.05, 4.69) is 38.3 Å². The number of aryl methyl sites for hydroxylation is 1. The normalized spacial score (nSPS) is 18.6. The van der Waals surface area contributed by atoms with Gasteiger partial charge in [-0.2, -0.15) is 0 Å². The van der Waals surface area contributed by atoms with Gasteiger partial charge in [-0.15, -0.1) is 10.2 Å². The Morgan fingerprint density at radius 3 is 2.70 bits per heavy atom. The molecule has 0 radical (unpaired) electrons. The van der Waals surface area contributed by atoms with Crippen molar-refractivity contribution in [3.8, 4) is 0 Å². The lowest BCUT2D eigenvalue weighted by Gasteiger charge is -2.43. The van der Waals surface area contributed by atoms with Crippen LogP contribution >= 0.6 is 15.9 Å². The summed E-state index contributed by atoms with van der Waals surface area (Å²) < 4.78 is 9.08. The molecule has 1 aliphatic carbocycles. The monoisotopic (exact) mass is 335 g/mol. The van der Waals surface area contributed by atoms with Crippen LogP contribution in [0.1, 0.15) is 30.7 Å². The van der Waals surface area contributed by atoms with Crippen LogP contribution in [0, 0.1) is 5.92 Å². The molecule has 5 heteroatoms. The molecule has 1 aromatic heterocycles. The van der Waals surface area contributed by atoms with Crippen LogP contribution in [0.5, 0.6) is 0 Å². The van der Waals surface area contributed by atoms with Gasteiger partial charge in [0.05, 0.1) is 0 Å². The van der Waals surface area contributed by atoms with Gasteiger partial charge in [0.15, 0.2) is 11.4 Å². The van der Waals surface area contributed by atoms with Gasteiger partial charge < -0.3 is 9.30 Å². The van der Waals surface area contributed by atoms with Crippen molar-refractivity contribution < 1.29 is 4.74 Å². The van der Waals surface area contributed by atoms with Crippen LogP contribution in [0.25, 0.3) is 0 Å². The molecule has 0 saturated heterocycles. The van der Waals surface area contributed by atoms with E-state index in [0.29, 0.717) is 5.92 Å². The van der Waals surface area contributed by atoms with E-state index < -0.39 is 5.60 Å². The van der Waals surface area contributed by atoms with E-state index in [1.165, 1.54) is 6.42 Å². The maximum Gasteiger partial charge on any atom is 0.169 e. The number of halogens is 1. The van der Waals surface area contributed by atoms with Crippen molar-refractivity contribution in [3.63, 3.8) is 0 Å². The van der Waals surface area contributed by atoms with Gasteiger partial charge in [0.1, 0.15) is 6.33 Å². The fourth-order valence-corrected chi connectivity index (χ4v) is 3.48. The van der Waals surface area contributed by atoms with Crippen molar-refractivity contribution in [1.29, 1.82) is 0 Å². The van der Waals surface area contributed by atoms with Gasteiger partial charge in [0.25, 0.3) is 0 Å². The zero-order valence-corrected chi connectivity index (χ0v) is 13.3. The Labute approximate surface area is 127 Å². The molecule has 1 heterocycles. The molecule has 1 aromatic carbocycles. The zero-order valence-electron chi connectivity index (χ0n) is 11.7. The molecule has 20 heavy (non-hydrogen) atoms. The van der Waals surface area contributed by atoms with Crippen molar-refractivity contribution >= 4 is 15.9 Å².